The topological polar surface area (TPSA) is 102 Å². The lowest BCUT2D eigenvalue weighted by Gasteiger charge is -2.14. The highest BCUT2D eigenvalue weighted by atomic mass is 32.2. The first kappa shape index (κ1) is 16.0. The third-order valence-corrected chi connectivity index (χ3v) is 6.01. The van der Waals surface area contributed by atoms with Crippen molar-refractivity contribution in [1.29, 1.82) is 5.26 Å². The summed E-state index contributed by atoms with van der Waals surface area (Å²) in [6.45, 7) is 0.414. The molecule has 9 heteroatoms. The van der Waals surface area contributed by atoms with E-state index in [1.165, 1.54) is 7.11 Å². The maximum absolute atomic E-state index is 12.0. The molecule has 0 radical (unpaired) electrons. The van der Waals surface area contributed by atoms with E-state index < -0.39 is 15.8 Å². The smallest absolute Gasteiger partial charge is 0.348 e. The van der Waals surface area contributed by atoms with Crippen LogP contribution in [-0.4, -0.2) is 37.3 Å². The second kappa shape index (κ2) is 5.32. The van der Waals surface area contributed by atoms with Crippen molar-refractivity contribution in [3.8, 4) is 6.07 Å². The van der Waals surface area contributed by atoms with Gasteiger partial charge in [-0.15, -0.1) is 11.3 Å². The fourth-order valence-corrected chi connectivity index (χ4v) is 4.43. The van der Waals surface area contributed by atoms with Gasteiger partial charge in [0.05, 0.1) is 18.7 Å². The van der Waals surface area contributed by atoms with Crippen molar-refractivity contribution in [2.75, 3.05) is 13.4 Å². The van der Waals surface area contributed by atoms with Gasteiger partial charge in [-0.2, -0.15) is 5.26 Å². The lowest BCUT2D eigenvalue weighted by atomic mass is 10.0. The highest BCUT2D eigenvalue weighted by Crippen LogP contribution is 2.51. The van der Waals surface area contributed by atoms with Gasteiger partial charge in [-0.05, 0) is 18.9 Å². The summed E-state index contributed by atoms with van der Waals surface area (Å²) in [6.07, 6.45) is 3.26. The van der Waals surface area contributed by atoms with E-state index in [0.29, 0.717) is 28.2 Å². The number of thiophene rings is 1. The number of hydrogen-bond acceptors (Lipinski definition) is 7. The Balaban J connectivity index is 2.13. The second-order valence-corrected chi connectivity index (χ2v) is 8.82. The van der Waals surface area contributed by atoms with Gasteiger partial charge in [-0.3, -0.25) is 0 Å². The van der Waals surface area contributed by atoms with Crippen molar-refractivity contribution in [2.45, 2.75) is 31.0 Å². The molecule has 0 bridgehead atoms. The van der Waals surface area contributed by atoms with E-state index in [4.69, 9.17) is 10.00 Å². The van der Waals surface area contributed by atoms with Gasteiger partial charge in [0.2, 0.25) is 15.0 Å². The summed E-state index contributed by atoms with van der Waals surface area (Å²) in [5.41, 5.74) is 0.412. The molecule has 0 unspecified atom stereocenters. The van der Waals surface area contributed by atoms with Gasteiger partial charge >= 0.3 is 5.97 Å². The molecule has 0 atom stereocenters. The number of esters is 1. The summed E-state index contributed by atoms with van der Waals surface area (Å²) >= 11 is 1.10. The number of methoxy groups -OCH3 is 1. The first-order valence-corrected chi connectivity index (χ1v) is 9.66. The quantitative estimate of drug-likeness (QED) is 0.762. The number of carbonyl (C=O) groups is 1. The molecule has 0 aromatic carbocycles. The van der Waals surface area contributed by atoms with Gasteiger partial charge in [-0.1, -0.05) is 0 Å². The van der Waals surface area contributed by atoms with Gasteiger partial charge in [0.15, 0.2) is 0 Å². The van der Waals surface area contributed by atoms with E-state index in [1.807, 2.05) is 0 Å². The van der Waals surface area contributed by atoms with Crippen LogP contribution in [0.1, 0.15) is 28.9 Å². The molecular weight excluding hydrogens is 338 g/mol. The number of hydrogen-bond donors (Lipinski definition) is 0. The Morgan fingerprint density at radius 2 is 2.26 bits per heavy atom. The van der Waals surface area contributed by atoms with Crippen molar-refractivity contribution in [3.63, 3.8) is 0 Å². The Kier molecular flexibility index (Phi) is 3.69. The lowest BCUT2D eigenvalue weighted by Crippen LogP contribution is -2.16. The van der Waals surface area contributed by atoms with Crippen molar-refractivity contribution in [2.24, 2.45) is 5.41 Å². The van der Waals surface area contributed by atoms with Crippen LogP contribution < -0.4 is 0 Å². The third kappa shape index (κ3) is 2.84. The molecule has 122 valence electrons. The molecule has 2 heterocycles. The first-order valence-electron chi connectivity index (χ1n) is 6.95. The Bertz CT molecular complexity index is 929. The summed E-state index contributed by atoms with van der Waals surface area (Å²) in [5.74, 6) is -0.474. The Morgan fingerprint density at radius 3 is 2.78 bits per heavy atom. The van der Waals surface area contributed by atoms with E-state index in [1.54, 1.807) is 10.6 Å². The van der Waals surface area contributed by atoms with Crippen LogP contribution in [0.15, 0.2) is 11.2 Å². The fraction of sp³-hybridized carbons (Fsp3) is 0.500. The van der Waals surface area contributed by atoms with Crippen LogP contribution in [-0.2, 0) is 21.1 Å². The van der Waals surface area contributed by atoms with Crippen LogP contribution in [0.2, 0.25) is 0 Å². The molecule has 23 heavy (non-hydrogen) atoms. The Hall–Kier alpha value is -1.92. The zero-order valence-electron chi connectivity index (χ0n) is 12.7. The number of nitrogens with zero attached hydrogens (tertiary/aromatic N) is 3. The molecule has 7 nitrogen and oxygen atoms in total. The number of ether oxygens (including phenoxy) is 1. The normalized spacial score (nSPS) is 16.2. The zero-order valence-corrected chi connectivity index (χ0v) is 14.3. The average molecular weight is 353 g/mol. The van der Waals surface area contributed by atoms with Gasteiger partial charge in [0.25, 0.3) is 0 Å². The minimum Gasteiger partial charge on any atom is -0.465 e. The number of carbonyl (C=O) groups excluding carboxylic acids is 1. The van der Waals surface area contributed by atoms with Gasteiger partial charge in [0, 0.05) is 24.6 Å². The molecule has 2 aromatic heterocycles. The summed E-state index contributed by atoms with van der Waals surface area (Å²) < 4.78 is 30.4. The van der Waals surface area contributed by atoms with Crippen molar-refractivity contribution in [3.05, 3.63) is 10.9 Å². The summed E-state index contributed by atoms with van der Waals surface area (Å²) in [6, 6.07) is 3.77. The van der Waals surface area contributed by atoms with E-state index in [9.17, 15) is 13.2 Å². The van der Waals surface area contributed by atoms with Crippen LogP contribution in [0.3, 0.4) is 0 Å². The molecule has 1 aliphatic rings. The third-order valence-electron chi connectivity index (χ3n) is 4.04. The number of sulfone groups is 1. The van der Waals surface area contributed by atoms with Crippen molar-refractivity contribution >= 4 is 37.5 Å². The van der Waals surface area contributed by atoms with Crippen molar-refractivity contribution in [1.82, 2.24) is 9.55 Å². The number of nitriles is 1. The SMILES string of the molecule is COC(=O)c1cc2c(nc(S(C)(=O)=O)n2CC2(CC#N)CC2)s1. The van der Waals surface area contributed by atoms with Crippen LogP contribution in [0, 0.1) is 16.7 Å². The monoisotopic (exact) mass is 353 g/mol. The number of rotatable bonds is 5. The predicted octanol–water partition coefficient (Wildman–Crippen LogP) is 1.98. The highest BCUT2D eigenvalue weighted by molar-refractivity contribution is 7.90. The molecule has 1 aliphatic carbocycles. The van der Waals surface area contributed by atoms with Crippen LogP contribution >= 0.6 is 11.3 Å². The number of imidazole rings is 1. The van der Waals surface area contributed by atoms with Crippen LogP contribution in [0.25, 0.3) is 10.3 Å². The molecule has 3 rings (SSSR count). The number of fused-ring (bicyclic) bond motifs is 1. The molecule has 0 saturated heterocycles. The molecule has 0 amide bonds. The van der Waals surface area contributed by atoms with Gasteiger partial charge in [-0.25, -0.2) is 18.2 Å². The van der Waals surface area contributed by atoms with E-state index in [0.717, 1.165) is 30.4 Å². The molecule has 0 aliphatic heterocycles. The maximum atomic E-state index is 12.0. The standard InChI is InChI=1S/C14H15N3O4S2/c1-21-12(18)10-7-9-11(22-10)16-13(23(2,19)20)17(9)8-14(3-4-14)5-6-15/h7H,3-5,8H2,1-2H3. The summed E-state index contributed by atoms with van der Waals surface area (Å²) in [7, 11) is -2.21. The van der Waals surface area contributed by atoms with E-state index >= 15 is 0 Å². The van der Waals surface area contributed by atoms with Crippen LogP contribution in [0.4, 0.5) is 0 Å². The molecule has 2 aromatic rings. The second-order valence-electron chi connectivity index (χ2n) is 5.88. The fourth-order valence-electron chi connectivity index (χ4n) is 2.60. The predicted molar refractivity (Wildman–Crippen MR) is 84.0 cm³/mol. The molecular formula is C14H15N3O4S2. The van der Waals surface area contributed by atoms with E-state index in [2.05, 4.69) is 11.1 Å². The first-order chi connectivity index (χ1) is 10.8. The summed E-state index contributed by atoms with van der Waals surface area (Å²) in [5, 5.41) is 8.96. The molecule has 0 spiro atoms. The average Bonchev–Trinajstić information content (AvgIpc) is 2.95. The van der Waals surface area contributed by atoms with E-state index in [-0.39, 0.29) is 10.6 Å². The Labute approximate surface area is 137 Å². The maximum Gasteiger partial charge on any atom is 0.348 e. The molecule has 1 fully saturated rings. The zero-order chi connectivity index (χ0) is 16.8. The lowest BCUT2D eigenvalue weighted by molar-refractivity contribution is 0.0606. The largest absolute Gasteiger partial charge is 0.465 e. The molecule has 0 N–H and O–H groups in total. The minimum atomic E-state index is -3.50. The van der Waals surface area contributed by atoms with Gasteiger partial charge < -0.3 is 9.30 Å². The van der Waals surface area contributed by atoms with Crippen LogP contribution in [0.5, 0.6) is 0 Å². The molecule has 1 saturated carbocycles. The number of aromatic nitrogens is 2. The minimum absolute atomic E-state index is 0.0145. The van der Waals surface area contributed by atoms with Gasteiger partial charge in [0.1, 0.15) is 9.71 Å². The Morgan fingerprint density at radius 1 is 1.57 bits per heavy atom. The highest BCUT2D eigenvalue weighted by Gasteiger charge is 2.44. The summed E-state index contributed by atoms with van der Waals surface area (Å²) in [4.78, 5) is 16.7. The van der Waals surface area contributed by atoms with Crippen molar-refractivity contribution < 1.29 is 17.9 Å².